The molecule has 1 aromatic rings. The summed E-state index contributed by atoms with van der Waals surface area (Å²) < 4.78 is 0. The number of carbonyl (C=O) groups excluding carboxylic acids is 1. The molecular weight excluding hydrogens is 210 g/mol. The normalized spacial score (nSPS) is 14.6. The van der Waals surface area contributed by atoms with E-state index < -0.39 is 0 Å². The van der Waals surface area contributed by atoms with Crippen LogP contribution in [0.1, 0.15) is 12.0 Å². The molecular formula is C11H13NO2S. The highest BCUT2D eigenvalue weighted by molar-refractivity contribution is 7.99. The first-order valence-corrected chi connectivity index (χ1v) is 5.94. The summed E-state index contributed by atoms with van der Waals surface area (Å²) in [7, 11) is 0. The Morgan fingerprint density at radius 1 is 1.40 bits per heavy atom. The maximum absolute atomic E-state index is 11.1. The zero-order valence-electron chi connectivity index (χ0n) is 8.32. The molecule has 0 fully saturated rings. The molecule has 1 aliphatic heterocycles. The van der Waals surface area contributed by atoms with Crippen LogP contribution < -0.4 is 5.32 Å². The molecule has 0 saturated carbocycles. The molecule has 2 rings (SSSR count). The summed E-state index contributed by atoms with van der Waals surface area (Å²) in [5.41, 5.74) is 2.12. The van der Waals surface area contributed by atoms with Gasteiger partial charge in [-0.05, 0) is 30.2 Å². The number of aryl methyl sites for hydroxylation is 1. The summed E-state index contributed by atoms with van der Waals surface area (Å²) in [6, 6.07) is 6.01. The van der Waals surface area contributed by atoms with Gasteiger partial charge in [0.15, 0.2) is 0 Å². The molecule has 0 bridgehead atoms. The van der Waals surface area contributed by atoms with Crippen LogP contribution in [0.2, 0.25) is 0 Å². The van der Waals surface area contributed by atoms with Crippen molar-refractivity contribution in [1.29, 1.82) is 0 Å². The third-order valence-corrected chi connectivity index (χ3v) is 3.31. The van der Waals surface area contributed by atoms with E-state index in [1.807, 2.05) is 12.1 Å². The minimum atomic E-state index is 0.0956. The third kappa shape index (κ3) is 2.52. The second kappa shape index (κ2) is 4.68. The Morgan fingerprint density at radius 2 is 2.27 bits per heavy atom. The molecule has 1 heterocycles. The molecule has 1 aromatic carbocycles. The van der Waals surface area contributed by atoms with Gasteiger partial charge in [-0.2, -0.15) is 0 Å². The number of nitrogens with one attached hydrogen (secondary N) is 1. The van der Waals surface area contributed by atoms with Crippen molar-refractivity contribution in [3.05, 3.63) is 23.8 Å². The maximum atomic E-state index is 11.1. The van der Waals surface area contributed by atoms with Gasteiger partial charge in [-0.25, -0.2) is 0 Å². The molecule has 0 unspecified atom stereocenters. The number of rotatable bonds is 3. The highest BCUT2D eigenvalue weighted by atomic mass is 32.2. The van der Waals surface area contributed by atoms with Crippen LogP contribution in [0.4, 0.5) is 5.69 Å². The van der Waals surface area contributed by atoms with Crippen molar-refractivity contribution in [3.63, 3.8) is 0 Å². The van der Waals surface area contributed by atoms with Gasteiger partial charge in [-0.3, -0.25) is 4.79 Å². The van der Waals surface area contributed by atoms with Gasteiger partial charge in [0.1, 0.15) is 0 Å². The predicted octanol–water partition coefficient (Wildman–Crippen LogP) is 1.66. The lowest BCUT2D eigenvalue weighted by molar-refractivity contribution is -0.116. The molecule has 2 N–H and O–H groups in total. The lowest BCUT2D eigenvalue weighted by atomic mass is 10.0. The fourth-order valence-electron chi connectivity index (χ4n) is 1.61. The summed E-state index contributed by atoms with van der Waals surface area (Å²) in [6.45, 7) is 0.193. The smallest absolute Gasteiger partial charge is 0.224 e. The fourth-order valence-corrected chi connectivity index (χ4v) is 2.33. The van der Waals surface area contributed by atoms with Gasteiger partial charge in [-0.1, -0.05) is 0 Å². The molecule has 80 valence electrons. The second-order valence-electron chi connectivity index (χ2n) is 3.44. The lowest BCUT2D eigenvalue weighted by Gasteiger charge is -2.17. The minimum Gasteiger partial charge on any atom is -0.396 e. The van der Waals surface area contributed by atoms with Crippen LogP contribution in [-0.2, 0) is 11.2 Å². The highest BCUT2D eigenvalue weighted by Gasteiger charge is 2.14. The molecule has 0 radical (unpaired) electrons. The van der Waals surface area contributed by atoms with Crippen LogP contribution in [0.15, 0.2) is 23.1 Å². The largest absolute Gasteiger partial charge is 0.396 e. The van der Waals surface area contributed by atoms with Crippen molar-refractivity contribution in [2.45, 2.75) is 17.7 Å². The summed E-state index contributed by atoms with van der Waals surface area (Å²) in [4.78, 5) is 12.3. The third-order valence-electron chi connectivity index (χ3n) is 2.33. The first-order chi connectivity index (χ1) is 7.29. The number of anilines is 1. The molecule has 0 atom stereocenters. The molecule has 0 saturated heterocycles. The van der Waals surface area contributed by atoms with Gasteiger partial charge < -0.3 is 10.4 Å². The Hall–Kier alpha value is -1.00. The number of hydrogen-bond donors (Lipinski definition) is 2. The molecule has 0 aromatic heterocycles. The minimum absolute atomic E-state index is 0.0956. The fraction of sp³-hybridized carbons (Fsp3) is 0.364. The number of aliphatic hydroxyl groups is 1. The quantitative estimate of drug-likeness (QED) is 0.766. The molecule has 1 amide bonds. The van der Waals surface area contributed by atoms with Gasteiger partial charge in [0.25, 0.3) is 0 Å². The zero-order valence-corrected chi connectivity index (χ0v) is 9.14. The Kier molecular flexibility index (Phi) is 3.28. The van der Waals surface area contributed by atoms with E-state index in [1.165, 1.54) is 5.56 Å². The van der Waals surface area contributed by atoms with Crippen LogP contribution in [0.25, 0.3) is 0 Å². The van der Waals surface area contributed by atoms with Crippen LogP contribution in [-0.4, -0.2) is 23.4 Å². The molecule has 1 aliphatic rings. The molecule has 0 spiro atoms. The van der Waals surface area contributed by atoms with Crippen molar-refractivity contribution >= 4 is 23.4 Å². The second-order valence-corrected chi connectivity index (χ2v) is 4.61. The maximum Gasteiger partial charge on any atom is 0.224 e. The lowest BCUT2D eigenvalue weighted by Crippen LogP contribution is -2.18. The van der Waals surface area contributed by atoms with E-state index in [9.17, 15) is 4.79 Å². The Bertz CT molecular complexity index is 379. The number of amides is 1. The van der Waals surface area contributed by atoms with Crippen LogP contribution in [0.5, 0.6) is 0 Å². The Balaban J connectivity index is 2.15. The average molecular weight is 223 g/mol. The van der Waals surface area contributed by atoms with Gasteiger partial charge in [0.2, 0.25) is 5.91 Å². The van der Waals surface area contributed by atoms with E-state index in [1.54, 1.807) is 11.8 Å². The SMILES string of the molecule is O=C1CCc2cc(SCCO)ccc2N1. The summed E-state index contributed by atoms with van der Waals surface area (Å²) in [5.74, 6) is 0.809. The van der Waals surface area contributed by atoms with Crippen molar-refractivity contribution in [2.24, 2.45) is 0 Å². The highest BCUT2D eigenvalue weighted by Crippen LogP contribution is 2.27. The van der Waals surface area contributed by atoms with Crippen LogP contribution >= 0.6 is 11.8 Å². The number of benzene rings is 1. The Labute approximate surface area is 92.9 Å². The van der Waals surface area contributed by atoms with Gasteiger partial charge in [-0.15, -0.1) is 11.8 Å². The number of carbonyl (C=O) groups is 1. The van der Waals surface area contributed by atoms with E-state index >= 15 is 0 Å². The number of hydrogen-bond acceptors (Lipinski definition) is 3. The summed E-state index contributed by atoms with van der Waals surface area (Å²) in [5, 5.41) is 11.6. The molecule has 4 heteroatoms. The first kappa shape index (κ1) is 10.5. The van der Waals surface area contributed by atoms with Crippen molar-refractivity contribution in [3.8, 4) is 0 Å². The zero-order chi connectivity index (χ0) is 10.7. The van der Waals surface area contributed by atoms with E-state index in [-0.39, 0.29) is 12.5 Å². The van der Waals surface area contributed by atoms with Gasteiger partial charge in [0, 0.05) is 22.8 Å². The van der Waals surface area contributed by atoms with Crippen molar-refractivity contribution in [1.82, 2.24) is 0 Å². The van der Waals surface area contributed by atoms with E-state index in [2.05, 4.69) is 11.4 Å². The van der Waals surface area contributed by atoms with Crippen molar-refractivity contribution < 1.29 is 9.90 Å². The topological polar surface area (TPSA) is 49.3 Å². The first-order valence-electron chi connectivity index (χ1n) is 4.96. The summed E-state index contributed by atoms with van der Waals surface area (Å²) >= 11 is 1.63. The molecule has 0 aliphatic carbocycles. The standard InChI is InChI=1S/C11H13NO2S/c13-5-6-15-9-2-3-10-8(7-9)1-4-11(14)12-10/h2-3,7,13H,1,4-6H2,(H,12,14). The monoisotopic (exact) mass is 223 g/mol. The molecule has 3 nitrogen and oxygen atoms in total. The number of thioether (sulfide) groups is 1. The van der Waals surface area contributed by atoms with Crippen molar-refractivity contribution in [2.75, 3.05) is 17.7 Å². The van der Waals surface area contributed by atoms with E-state index in [0.29, 0.717) is 12.2 Å². The molecule has 15 heavy (non-hydrogen) atoms. The van der Waals surface area contributed by atoms with Gasteiger partial charge >= 0.3 is 0 Å². The number of fused-ring (bicyclic) bond motifs is 1. The number of aliphatic hydroxyl groups excluding tert-OH is 1. The van der Waals surface area contributed by atoms with E-state index in [0.717, 1.165) is 17.0 Å². The van der Waals surface area contributed by atoms with Crippen LogP contribution in [0, 0.1) is 0 Å². The van der Waals surface area contributed by atoms with Gasteiger partial charge in [0.05, 0.1) is 6.61 Å². The van der Waals surface area contributed by atoms with Crippen LogP contribution in [0.3, 0.4) is 0 Å². The van der Waals surface area contributed by atoms with E-state index in [4.69, 9.17) is 5.11 Å². The Morgan fingerprint density at radius 3 is 3.07 bits per heavy atom. The summed E-state index contributed by atoms with van der Waals surface area (Å²) in [6.07, 6.45) is 1.38. The predicted molar refractivity (Wildman–Crippen MR) is 61.2 cm³/mol. The average Bonchev–Trinajstić information content (AvgIpc) is 2.26.